The van der Waals surface area contributed by atoms with Gasteiger partial charge in [-0.05, 0) is 25.7 Å². The van der Waals surface area contributed by atoms with Crippen molar-refractivity contribution in [2.75, 3.05) is 25.4 Å². The van der Waals surface area contributed by atoms with E-state index in [9.17, 15) is 13.2 Å². The summed E-state index contributed by atoms with van der Waals surface area (Å²) in [4.78, 5) is 12.0. The number of sulfonamides is 1. The molecule has 112 valence electrons. The van der Waals surface area contributed by atoms with Crippen molar-refractivity contribution in [1.29, 1.82) is 0 Å². The first kappa shape index (κ1) is 16.4. The Hall–Kier alpha value is -0.660. The second-order valence-corrected chi connectivity index (χ2v) is 6.85. The summed E-state index contributed by atoms with van der Waals surface area (Å²) in [6.45, 7) is 2.78. The maximum atomic E-state index is 12.1. The monoisotopic (exact) mass is 292 g/mol. The summed E-state index contributed by atoms with van der Waals surface area (Å²) in [5.74, 6) is -0.129. The van der Waals surface area contributed by atoms with Gasteiger partial charge in [0, 0.05) is 19.7 Å². The van der Waals surface area contributed by atoms with Crippen LogP contribution in [0.4, 0.5) is 0 Å². The van der Waals surface area contributed by atoms with Crippen molar-refractivity contribution in [3.63, 3.8) is 0 Å². The minimum atomic E-state index is -3.32. The van der Waals surface area contributed by atoms with Gasteiger partial charge < -0.3 is 10.4 Å². The highest BCUT2D eigenvalue weighted by molar-refractivity contribution is 7.89. The van der Waals surface area contributed by atoms with E-state index >= 15 is 0 Å². The number of aliphatic hydroxyl groups is 1. The maximum Gasteiger partial charge on any atom is 0.238 e. The Balaban J connectivity index is 2.60. The number of hydrogen-bond acceptors (Lipinski definition) is 4. The molecule has 1 aliphatic rings. The summed E-state index contributed by atoms with van der Waals surface area (Å²) in [7, 11) is -3.32. The van der Waals surface area contributed by atoms with Crippen molar-refractivity contribution < 1.29 is 18.3 Å². The average molecular weight is 292 g/mol. The molecule has 0 aliphatic carbocycles. The third kappa shape index (κ3) is 4.74. The Morgan fingerprint density at radius 3 is 2.79 bits per heavy atom. The van der Waals surface area contributed by atoms with Crippen LogP contribution < -0.4 is 5.32 Å². The first-order valence-electron chi connectivity index (χ1n) is 6.91. The number of nitrogens with zero attached hydrogens (tertiary/aromatic N) is 1. The largest absolute Gasteiger partial charge is 0.396 e. The number of amides is 1. The lowest BCUT2D eigenvalue weighted by atomic mass is 10.2. The molecule has 1 aliphatic heterocycles. The molecule has 0 spiro atoms. The average Bonchev–Trinajstić information content (AvgIpc) is 2.86. The van der Waals surface area contributed by atoms with Crippen LogP contribution in [0.3, 0.4) is 0 Å². The number of hydrogen-bond donors (Lipinski definition) is 2. The summed E-state index contributed by atoms with van der Waals surface area (Å²) in [6, 6.07) is -0.569. The number of nitrogens with one attached hydrogen (secondary N) is 1. The fourth-order valence-corrected chi connectivity index (χ4v) is 4.07. The third-order valence-electron chi connectivity index (χ3n) is 3.25. The van der Waals surface area contributed by atoms with E-state index in [1.165, 1.54) is 4.31 Å². The van der Waals surface area contributed by atoms with Gasteiger partial charge in [-0.3, -0.25) is 4.79 Å². The van der Waals surface area contributed by atoms with Crippen molar-refractivity contribution in [3.8, 4) is 0 Å². The predicted molar refractivity (Wildman–Crippen MR) is 73.1 cm³/mol. The zero-order valence-electron chi connectivity index (χ0n) is 11.5. The lowest BCUT2D eigenvalue weighted by molar-refractivity contribution is -0.124. The molecule has 0 aromatic carbocycles. The van der Waals surface area contributed by atoms with E-state index in [4.69, 9.17) is 5.11 Å². The van der Waals surface area contributed by atoms with Gasteiger partial charge >= 0.3 is 0 Å². The molecule has 1 amide bonds. The second kappa shape index (κ2) is 7.81. The molecular formula is C12H24N2O4S. The summed E-state index contributed by atoms with van der Waals surface area (Å²) in [5.41, 5.74) is 0. The third-order valence-corrected chi connectivity index (χ3v) is 5.21. The predicted octanol–water partition coefficient (Wildman–Crippen LogP) is 0.0793. The molecule has 1 atom stereocenters. The van der Waals surface area contributed by atoms with Crippen LogP contribution in [0.25, 0.3) is 0 Å². The smallest absolute Gasteiger partial charge is 0.238 e. The van der Waals surface area contributed by atoms with Gasteiger partial charge in [-0.25, -0.2) is 8.42 Å². The minimum Gasteiger partial charge on any atom is -0.396 e. The Morgan fingerprint density at radius 1 is 1.42 bits per heavy atom. The molecule has 6 nitrogen and oxygen atoms in total. The van der Waals surface area contributed by atoms with Crippen molar-refractivity contribution in [3.05, 3.63) is 0 Å². The molecule has 1 unspecified atom stereocenters. The van der Waals surface area contributed by atoms with Gasteiger partial charge in [0.15, 0.2) is 0 Å². The van der Waals surface area contributed by atoms with E-state index in [0.717, 1.165) is 12.8 Å². The molecule has 0 saturated carbocycles. The Labute approximate surface area is 115 Å². The van der Waals surface area contributed by atoms with E-state index in [-0.39, 0.29) is 18.3 Å². The molecule has 1 fully saturated rings. The number of unbranched alkanes of at least 4 members (excludes halogenated alkanes) is 1. The summed E-state index contributed by atoms with van der Waals surface area (Å²) >= 11 is 0. The Bertz CT molecular complexity index is 383. The molecule has 7 heteroatoms. The fourth-order valence-electron chi connectivity index (χ4n) is 2.19. The lowest BCUT2D eigenvalue weighted by Gasteiger charge is -2.23. The van der Waals surface area contributed by atoms with Crippen molar-refractivity contribution in [2.24, 2.45) is 0 Å². The standard InChI is InChI=1S/C12H24N2O4S/c1-2-3-10-19(17,18)14-8-4-6-11(14)12(16)13-7-5-9-15/h11,15H,2-10H2,1H3,(H,13,16). The summed E-state index contributed by atoms with van der Waals surface area (Å²) < 4.78 is 25.6. The summed E-state index contributed by atoms with van der Waals surface area (Å²) in [5, 5.41) is 11.3. The lowest BCUT2D eigenvalue weighted by Crippen LogP contribution is -2.46. The highest BCUT2D eigenvalue weighted by Crippen LogP contribution is 2.22. The number of carbonyl (C=O) groups excluding carboxylic acids is 1. The quantitative estimate of drug-likeness (QED) is 0.620. The van der Waals surface area contributed by atoms with Crippen LogP contribution in [0, 0.1) is 0 Å². The topological polar surface area (TPSA) is 86.7 Å². The van der Waals surface area contributed by atoms with Gasteiger partial charge in [-0.2, -0.15) is 4.31 Å². The fraction of sp³-hybridized carbons (Fsp3) is 0.917. The summed E-state index contributed by atoms with van der Waals surface area (Å²) in [6.07, 6.45) is 3.24. The molecule has 1 rings (SSSR count). The first-order valence-corrected chi connectivity index (χ1v) is 8.52. The molecule has 0 radical (unpaired) electrons. The number of aliphatic hydroxyl groups excluding tert-OH is 1. The van der Waals surface area contributed by atoms with E-state index in [0.29, 0.717) is 32.4 Å². The van der Waals surface area contributed by atoms with E-state index in [2.05, 4.69) is 5.32 Å². The molecule has 1 saturated heterocycles. The van der Waals surface area contributed by atoms with Crippen LogP contribution in [-0.2, 0) is 14.8 Å². The van der Waals surface area contributed by atoms with Crippen LogP contribution >= 0.6 is 0 Å². The zero-order chi connectivity index (χ0) is 14.3. The maximum absolute atomic E-state index is 12.1. The second-order valence-electron chi connectivity index (χ2n) is 4.81. The van der Waals surface area contributed by atoms with E-state index in [1.54, 1.807) is 0 Å². The molecular weight excluding hydrogens is 268 g/mol. The molecule has 0 bridgehead atoms. The molecule has 1 heterocycles. The van der Waals surface area contributed by atoms with Crippen LogP contribution in [-0.4, -0.2) is 55.2 Å². The SMILES string of the molecule is CCCCS(=O)(=O)N1CCCC1C(=O)NCCCO. The minimum absolute atomic E-state index is 0.0173. The van der Waals surface area contributed by atoms with Gasteiger partial charge in [0.2, 0.25) is 15.9 Å². The molecule has 0 aromatic heterocycles. The van der Waals surface area contributed by atoms with Gasteiger partial charge in [-0.1, -0.05) is 13.3 Å². The van der Waals surface area contributed by atoms with E-state index in [1.807, 2.05) is 6.92 Å². The van der Waals surface area contributed by atoms with Crippen LogP contribution in [0.1, 0.15) is 39.0 Å². The van der Waals surface area contributed by atoms with Crippen molar-refractivity contribution >= 4 is 15.9 Å². The van der Waals surface area contributed by atoms with Gasteiger partial charge in [0.25, 0.3) is 0 Å². The van der Waals surface area contributed by atoms with Gasteiger partial charge in [0.05, 0.1) is 5.75 Å². The Morgan fingerprint density at radius 2 is 2.16 bits per heavy atom. The molecule has 0 aromatic rings. The zero-order valence-corrected chi connectivity index (χ0v) is 12.3. The van der Waals surface area contributed by atoms with Gasteiger partial charge in [0.1, 0.15) is 6.04 Å². The molecule has 19 heavy (non-hydrogen) atoms. The highest BCUT2D eigenvalue weighted by Gasteiger charge is 2.37. The highest BCUT2D eigenvalue weighted by atomic mass is 32.2. The normalized spacial score (nSPS) is 20.6. The van der Waals surface area contributed by atoms with Crippen LogP contribution in [0.2, 0.25) is 0 Å². The van der Waals surface area contributed by atoms with Crippen LogP contribution in [0.15, 0.2) is 0 Å². The molecule has 2 N–H and O–H groups in total. The van der Waals surface area contributed by atoms with Crippen molar-refractivity contribution in [1.82, 2.24) is 9.62 Å². The number of rotatable bonds is 8. The first-order chi connectivity index (χ1) is 9.03. The van der Waals surface area contributed by atoms with Crippen LogP contribution in [0.5, 0.6) is 0 Å². The van der Waals surface area contributed by atoms with E-state index < -0.39 is 16.1 Å². The number of carbonyl (C=O) groups is 1. The van der Waals surface area contributed by atoms with Gasteiger partial charge in [-0.15, -0.1) is 0 Å². The Kier molecular flexibility index (Phi) is 6.74. The van der Waals surface area contributed by atoms with Crippen molar-refractivity contribution in [2.45, 2.75) is 45.1 Å².